The molecule has 2 atom stereocenters. The van der Waals surface area contributed by atoms with Gasteiger partial charge < -0.3 is 9.47 Å². The third kappa shape index (κ3) is 1.80. The lowest BCUT2D eigenvalue weighted by atomic mass is 10.2. The van der Waals surface area contributed by atoms with Gasteiger partial charge in [0.2, 0.25) is 0 Å². The maximum absolute atomic E-state index is 11.0. The van der Waals surface area contributed by atoms with Gasteiger partial charge in [0.15, 0.2) is 0 Å². The summed E-state index contributed by atoms with van der Waals surface area (Å²) in [4.78, 5) is 11.0. The van der Waals surface area contributed by atoms with E-state index >= 15 is 0 Å². The van der Waals surface area contributed by atoms with Crippen LogP contribution in [-0.4, -0.2) is 24.8 Å². The van der Waals surface area contributed by atoms with Crippen molar-refractivity contribution < 1.29 is 14.3 Å². The third-order valence-corrected chi connectivity index (χ3v) is 1.59. The van der Waals surface area contributed by atoms with Crippen molar-refractivity contribution in [1.82, 2.24) is 0 Å². The summed E-state index contributed by atoms with van der Waals surface area (Å²) in [6, 6.07) is 0. The van der Waals surface area contributed by atoms with E-state index in [9.17, 15) is 4.79 Å². The van der Waals surface area contributed by atoms with Crippen LogP contribution in [0.3, 0.4) is 0 Å². The Morgan fingerprint density at radius 1 is 1.73 bits per heavy atom. The minimum Gasteiger partial charge on any atom is -0.463 e. The molecule has 62 valence electrons. The van der Waals surface area contributed by atoms with E-state index in [1.54, 1.807) is 6.92 Å². The first kappa shape index (κ1) is 8.27. The number of epoxide rings is 1. The van der Waals surface area contributed by atoms with Crippen molar-refractivity contribution in [2.24, 2.45) is 0 Å². The minimum atomic E-state index is -0.346. The lowest BCUT2D eigenvalue weighted by molar-refractivity contribution is -0.138. The number of hydrogen-bond donors (Lipinski definition) is 0. The highest BCUT2D eigenvalue weighted by Gasteiger charge is 2.39. The van der Waals surface area contributed by atoms with E-state index in [1.165, 1.54) is 0 Å². The van der Waals surface area contributed by atoms with Gasteiger partial charge >= 0.3 is 5.97 Å². The van der Waals surface area contributed by atoms with Crippen LogP contribution in [0.2, 0.25) is 0 Å². The predicted molar refractivity (Wildman–Crippen MR) is 40.1 cm³/mol. The molecule has 0 saturated carbocycles. The summed E-state index contributed by atoms with van der Waals surface area (Å²) in [5, 5.41) is 0. The van der Waals surface area contributed by atoms with Crippen LogP contribution in [-0.2, 0) is 14.3 Å². The highest BCUT2D eigenvalue weighted by Crippen LogP contribution is 2.27. The second-order valence-electron chi connectivity index (χ2n) is 2.51. The van der Waals surface area contributed by atoms with Crippen molar-refractivity contribution in [3.8, 4) is 0 Å². The van der Waals surface area contributed by atoms with Gasteiger partial charge in [0.25, 0.3) is 0 Å². The first-order valence-electron chi connectivity index (χ1n) is 3.68. The van der Waals surface area contributed by atoms with Gasteiger partial charge in [-0.3, -0.25) is 0 Å². The van der Waals surface area contributed by atoms with E-state index in [0.29, 0.717) is 12.2 Å². The lowest BCUT2D eigenvalue weighted by Crippen LogP contribution is -2.11. The molecule has 3 nitrogen and oxygen atoms in total. The first-order valence-corrected chi connectivity index (χ1v) is 3.68. The number of hydrogen-bond acceptors (Lipinski definition) is 3. The molecular weight excluding hydrogens is 144 g/mol. The molecule has 0 bridgehead atoms. The maximum Gasteiger partial charge on any atom is 0.336 e. The Hall–Kier alpha value is -0.830. The van der Waals surface area contributed by atoms with E-state index in [1.807, 2.05) is 6.92 Å². The molecule has 1 saturated heterocycles. The Labute approximate surface area is 66.0 Å². The average molecular weight is 156 g/mol. The van der Waals surface area contributed by atoms with Crippen LogP contribution in [0.25, 0.3) is 0 Å². The molecule has 1 fully saturated rings. The molecule has 0 aliphatic carbocycles. The zero-order valence-electron chi connectivity index (χ0n) is 6.79. The van der Waals surface area contributed by atoms with Crippen LogP contribution in [0.5, 0.6) is 0 Å². The summed E-state index contributed by atoms with van der Waals surface area (Å²) in [6.45, 7) is 7.64. The van der Waals surface area contributed by atoms with Crippen molar-refractivity contribution in [3.05, 3.63) is 12.2 Å². The molecule has 0 aromatic rings. The molecule has 1 rings (SSSR count). The van der Waals surface area contributed by atoms with Gasteiger partial charge in [0.1, 0.15) is 6.10 Å². The van der Waals surface area contributed by atoms with E-state index in [2.05, 4.69) is 6.58 Å². The van der Waals surface area contributed by atoms with Crippen LogP contribution in [0.4, 0.5) is 0 Å². The predicted octanol–water partition coefficient (Wildman–Crippen LogP) is 0.893. The van der Waals surface area contributed by atoms with Gasteiger partial charge in [-0.1, -0.05) is 6.58 Å². The van der Waals surface area contributed by atoms with Gasteiger partial charge in [-0.15, -0.1) is 0 Å². The molecule has 1 aliphatic rings. The van der Waals surface area contributed by atoms with Gasteiger partial charge in [-0.25, -0.2) is 4.79 Å². The van der Waals surface area contributed by atoms with Crippen LogP contribution in [0.15, 0.2) is 12.2 Å². The number of carbonyl (C=O) groups is 1. The van der Waals surface area contributed by atoms with Crippen LogP contribution >= 0.6 is 0 Å². The van der Waals surface area contributed by atoms with E-state index in [-0.39, 0.29) is 18.2 Å². The Balaban J connectivity index is 2.36. The van der Waals surface area contributed by atoms with Crippen LogP contribution < -0.4 is 0 Å². The molecule has 0 spiro atoms. The van der Waals surface area contributed by atoms with E-state index in [0.717, 1.165) is 0 Å². The first-order chi connectivity index (χ1) is 5.16. The fourth-order valence-corrected chi connectivity index (χ4v) is 0.891. The van der Waals surface area contributed by atoms with Crippen molar-refractivity contribution in [3.63, 3.8) is 0 Å². The zero-order valence-corrected chi connectivity index (χ0v) is 6.79. The maximum atomic E-state index is 11.0. The number of esters is 1. The van der Waals surface area contributed by atoms with Crippen molar-refractivity contribution >= 4 is 5.97 Å². The van der Waals surface area contributed by atoms with Gasteiger partial charge in [-0.05, 0) is 13.8 Å². The molecule has 0 amide bonds. The Bertz CT molecular complexity index is 186. The smallest absolute Gasteiger partial charge is 0.336 e. The number of ether oxygens (including phenoxy) is 2. The summed E-state index contributed by atoms with van der Waals surface area (Å²) in [7, 11) is 0. The lowest BCUT2D eigenvalue weighted by Gasteiger charge is -2.00. The minimum absolute atomic E-state index is 0.103. The molecule has 1 heterocycles. The van der Waals surface area contributed by atoms with Gasteiger partial charge in [0.05, 0.1) is 18.3 Å². The monoisotopic (exact) mass is 156 g/mol. The highest BCUT2D eigenvalue weighted by molar-refractivity contribution is 5.89. The number of carbonyl (C=O) groups excluding carboxylic acids is 1. The fourth-order valence-electron chi connectivity index (χ4n) is 0.891. The molecule has 3 heteroatoms. The van der Waals surface area contributed by atoms with E-state index in [4.69, 9.17) is 9.47 Å². The van der Waals surface area contributed by atoms with Crippen LogP contribution in [0, 0.1) is 0 Å². The Morgan fingerprint density at radius 3 is 2.64 bits per heavy atom. The normalized spacial score (nSPS) is 27.8. The van der Waals surface area contributed by atoms with Crippen molar-refractivity contribution in [1.29, 1.82) is 0 Å². The molecule has 1 aliphatic heterocycles. The Morgan fingerprint density at radius 2 is 2.27 bits per heavy atom. The molecule has 0 aromatic carbocycles. The molecule has 0 N–H and O–H groups in total. The largest absolute Gasteiger partial charge is 0.463 e. The quantitative estimate of drug-likeness (QED) is 0.346. The zero-order chi connectivity index (χ0) is 8.43. The highest BCUT2D eigenvalue weighted by atomic mass is 16.6. The van der Waals surface area contributed by atoms with Gasteiger partial charge in [-0.2, -0.15) is 0 Å². The van der Waals surface area contributed by atoms with Crippen LogP contribution in [0.1, 0.15) is 13.8 Å². The van der Waals surface area contributed by atoms with Crippen molar-refractivity contribution in [2.75, 3.05) is 6.61 Å². The Kier molecular flexibility index (Phi) is 2.29. The summed E-state index contributed by atoms with van der Waals surface area (Å²) >= 11 is 0. The topological polar surface area (TPSA) is 38.8 Å². The fraction of sp³-hybridized carbons (Fsp3) is 0.625. The molecular formula is C8H12O3. The molecule has 0 aromatic heterocycles. The summed E-state index contributed by atoms with van der Waals surface area (Å²) < 4.78 is 9.78. The standard InChI is InChI=1S/C8H12O3/c1-4-10-8(9)5(2)7-6(3)11-7/h6-7H,2,4H2,1,3H3. The van der Waals surface area contributed by atoms with Crippen molar-refractivity contribution in [2.45, 2.75) is 26.1 Å². The summed E-state index contributed by atoms with van der Waals surface area (Å²) in [5.74, 6) is -0.346. The second kappa shape index (κ2) is 3.05. The summed E-state index contributed by atoms with van der Waals surface area (Å²) in [5.41, 5.74) is 0.430. The SMILES string of the molecule is C=C(C(=O)OCC)C1OC1C. The molecule has 11 heavy (non-hydrogen) atoms. The number of rotatable bonds is 3. The average Bonchev–Trinajstić information content (AvgIpc) is 2.66. The molecule has 2 unspecified atom stereocenters. The van der Waals surface area contributed by atoms with Gasteiger partial charge in [0, 0.05) is 0 Å². The third-order valence-electron chi connectivity index (χ3n) is 1.59. The van der Waals surface area contributed by atoms with E-state index < -0.39 is 0 Å². The summed E-state index contributed by atoms with van der Waals surface area (Å²) in [6.07, 6.45) is 0.0287. The molecule has 0 radical (unpaired) electrons. The second-order valence-corrected chi connectivity index (χ2v) is 2.51.